The van der Waals surface area contributed by atoms with Crippen LogP contribution in [0.4, 0.5) is 13.2 Å². The first-order valence-electron chi connectivity index (χ1n) is 5.81. The normalized spacial score (nSPS) is 15.1. The minimum absolute atomic E-state index is 0.768. The zero-order valence-corrected chi connectivity index (χ0v) is 11.0. The van der Waals surface area contributed by atoms with Crippen molar-refractivity contribution in [3.05, 3.63) is 17.7 Å². The third-order valence-electron chi connectivity index (χ3n) is 2.55. The van der Waals surface area contributed by atoms with Gasteiger partial charge in [-0.15, -0.1) is 0 Å². The highest BCUT2D eigenvalue weighted by Gasteiger charge is 2.38. The summed E-state index contributed by atoms with van der Waals surface area (Å²) in [6.45, 7) is 6.24. The molecule has 0 atom stereocenters. The van der Waals surface area contributed by atoms with Gasteiger partial charge in [0.2, 0.25) is 0 Å². The van der Waals surface area contributed by atoms with Crippen molar-refractivity contribution in [3.8, 4) is 0 Å². The van der Waals surface area contributed by atoms with Crippen LogP contribution in [-0.2, 0) is 23.5 Å². The lowest BCUT2D eigenvalue weighted by atomic mass is 10.1. The van der Waals surface area contributed by atoms with Gasteiger partial charge in [-0.25, -0.2) is 9.78 Å². The molecule has 0 aromatic carbocycles. The molecule has 2 heterocycles. The Morgan fingerprint density at radius 1 is 1.45 bits per heavy atom. The highest BCUT2D eigenvalue weighted by Crippen LogP contribution is 2.20. The van der Waals surface area contributed by atoms with Crippen molar-refractivity contribution in [3.63, 3.8) is 0 Å². The molecule has 1 aliphatic heterocycles. The van der Waals surface area contributed by atoms with Crippen molar-refractivity contribution in [1.29, 1.82) is 0 Å². The fourth-order valence-electron chi connectivity index (χ4n) is 1.70. The van der Waals surface area contributed by atoms with E-state index in [9.17, 15) is 18.3 Å². The molecule has 0 fully saturated rings. The molecule has 0 saturated carbocycles. The van der Waals surface area contributed by atoms with Gasteiger partial charge < -0.3 is 20.1 Å². The molecule has 0 radical (unpaired) electrons. The maximum atomic E-state index is 10.6. The maximum Gasteiger partial charge on any atom is 0.490 e. The Balaban J connectivity index is 0.000000246. The van der Waals surface area contributed by atoms with E-state index in [2.05, 4.69) is 14.9 Å². The molecule has 114 valence electrons. The molecule has 0 spiro atoms. The van der Waals surface area contributed by atoms with E-state index >= 15 is 0 Å². The number of alkyl halides is 3. The van der Waals surface area contributed by atoms with Crippen LogP contribution >= 0.6 is 0 Å². The Bertz CT molecular complexity index is 477. The number of carbonyl (C=O) groups is 1. The molecule has 9 heteroatoms. The zero-order chi connectivity index (χ0) is 15.6. The lowest BCUT2D eigenvalue weighted by Gasteiger charge is -2.23. The van der Waals surface area contributed by atoms with Crippen molar-refractivity contribution in [2.24, 2.45) is 0 Å². The molecule has 6 nitrogen and oxygen atoms in total. The Morgan fingerprint density at radius 3 is 2.45 bits per heavy atom. The number of aliphatic carboxylic acids is 1. The molecule has 0 saturated heterocycles. The average Bonchev–Trinajstić information content (AvgIpc) is 2.71. The molecule has 0 unspecified atom stereocenters. The smallest absolute Gasteiger partial charge is 0.475 e. The quantitative estimate of drug-likeness (QED) is 0.715. The van der Waals surface area contributed by atoms with E-state index in [1.807, 2.05) is 6.20 Å². The molecular weight excluding hydrogens is 279 g/mol. The third kappa shape index (κ3) is 4.20. The van der Waals surface area contributed by atoms with E-state index in [1.54, 1.807) is 13.8 Å². The summed E-state index contributed by atoms with van der Waals surface area (Å²) in [5, 5.41) is 20.2. The first kappa shape index (κ1) is 16.4. The molecule has 0 bridgehead atoms. The van der Waals surface area contributed by atoms with E-state index in [1.165, 1.54) is 0 Å². The monoisotopic (exact) mass is 295 g/mol. The second kappa shape index (κ2) is 5.80. The predicted molar refractivity (Wildman–Crippen MR) is 62.9 cm³/mol. The van der Waals surface area contributed by atoms with Gasteiger partial charge in [0.1, 0.15) is 11.4 Å². The zero-order valence-electron chi connectivity index (χ0n) is 11.0. The number of hydrogen-bond donors (Lipinski definition) is 3. The van der Waals surface area contributed by atoms with Crippen LogP contribution in [0, 0.1) is 0 Å². The average molecular weight is 295 g/mol. The summed E-state index contributed by atoms with van der Waals surface area (Å²) in [5.41, 5.74) is 0.318. The van der Waals surface area contributed by atoms with Gasteiger partial charge in [0.15, 0.2) is 0 Å². The van der Waals surface area contributed by atoms with Crippen LogP contribution in [0.25, 0.3) is 0 Å². The molecule has 1 aromatic rings. The van der Waals surface area contributed by atoms with Gasteiger partial charge in [-0.2, -0.15) is 13.2 Å². The number of carboxylic acids is 1. The molecule has 1 aliphatic rings. The van der Waals surface area contributed by atoms with E-state index in [4.69, 9.17) is 9.90 Å². The van der Waals surface area contributed by atoms with Crippen LogP contribution in [0.1, 0.15) is 25.4 Å². The summed E-state index contributed by atoms with van der Waals surface area (Å²) >= 11 is 0. The van der Waals surface area contributed by atoms with Gasteiger partial charge in [-0.05, 0) is 13.8 Å². The van der Waals surface area contributed by atoms with Crippen molar-refractivity contribution in [2.75, 3.05) is 6.54 Å². The van der Waals surface area contributed by atoms with Crippen LogP contribution in [0.3, 0.4) is 0 Å². The number of halogens is 3. The largest absolute Gasteiger partial charge is 0.490 e. The Morgan fingerprint density at radius 2 is 2.00 bits per heavy atom. The number of imidazole rings is 1. The molecule has 1 aromatic heterocycles. The second-order valence-electron chi connectivity index (χ2n) is 4.76. The Hall–Kier alpha value is -1.61. The van der Waals surface area contributed by atoms with E-state index in [0.717, 1.165) is 31.2 Å². The summed E-state index contributed by atoms with van der Waals surface area (Å²) in [7, 11) is 0. The second-order valence-corrected chi connectivity index (χ2v) is 4.76. The van der Waals surface area contributed by atoms with Crippen molar-refractivity contribution in [1.82, 2.24) is 14.9 Å². The fraction of sp³-hybridized carbons (Fsp3) is 0.636. The van der Waals surface area contributed by atoms with Gasteiger partial charge in [-0.3, -0.25) is 0 Å². The van der Waals surface area contributed by atoms with E-state index in [-0.39, 0.29) is 0 Å². The maximum absolute atomic E-state index is 10.6. The third-order valence-corrected chi connectivity index (χ3v) is 2.55. The van der Waals surface area contributed by atoms with Crippen molar-refractivity contribution < 1.29 is 28.2 Å². The van der Waals surface area contributed by atoms with Crippen LogP contribution in [0.5, 0.6) is 0 Å². The topological polar surface area (TPSA) is 87.4 Å². The summed E-state index contributed by atoms with van der Waals surface area (Å²) in [4.78, 5) is 13.1. The van der Waals surface area contributed by atoms with E-state index in [0.29, 0.717) is 0 Å². The van der Waals surface area contributed by atoms with Gasteiger partial charge in [0.05, 0.1) is 5.69 Å². The summed E-state index contributed by atoms with van der Waals surface area (Å²) < 4.78 is 33.8. The first-order valence-corrected chi connectivity index (χ1v) is 5.81. The van der Waals surface area contributed by atoms with Crippen LogP contribution in [0.15, 0.2) is 6.20 Å². The molecule has 20 heavy (non-hydrogen) atoms. The standard InChI is InChI=1S/C9H15N3O.C2HF3O2/c1-9(2,13)8-11-6-7-5-10-3-4-12(7)8;3-2(4,5)1(6)7/h6,10,13H,3-5H2,1-2H3;(H,6,7). The lowest BCUT2D eigenvalue weighted by molar-refractivity contribution is -0.192. The van der Waals surface area contributed by atoms with Crippen LogP contribution in [-0.4, -0.2) is 38.5 Å². The Kier molecular flexibility index (Phi) is 4.77. The molecule has 0 amide bonds. The number of fused-ring (bicyclic) bond motifs is 1. The minimum atomic E-state index is -5.08. The number of nitrogens with zero attached hydrogens (tertiary/aromatic N) is 2. The lowest BCUT2D eigenvalue weighted by Crippen LogP contribution is -2.32. The van der Waals surface area contributed by atoms with Gasteiger partial charge >= 0.3 is 12.1 Å². The SMILES string of the molecule is CC(C)(O)c1ncc2n1CCNC2.O=C(O)C(F)(F)F. The van der Waals surface area contributed by atoms with Gasteiger partial charge in [-0.1, -0.05) is 0 Å². The number of carboxylic acid groups (broad SMARTS) is 1. The summed E-state index contributed by atoms with van der Waals surface area (Å²) in [6, 6.07) is 0. The first-order chi connectivity index (χ1) is 9.03. The predicted octanol–water partition coefficient (Wildman–Crippen LogP) is 0.847. The van der Waals surface area contributed by atoms with E-state index < -0.39 is 17.7 Å². The number of hydrogen-bond acceptors (Lipinski definition) is 4. The fourth-order valence-corrected chi connectivity index (χ4v) is 1.70. The molecule has 0 aliphatic carbocycles. The molecule has 3 N–H and O–H groups in total. The highest BCUT2D eigenvalue weighted by molar-refractivity contribution is 5.73. The van der Waals surface area contributed by atoms with Crippen LogP contribution < -0.4 is 5.32 Å². The number of nitrogens with one attached hydrogen (secondary N) is 1. The Labute approximate surface area is 113 Å². The number of aromatic nitrogens is 2. The minimum Gasteiger partial charge on any atom is -0.475 e. The summed E-state index contributed by atoms with van der Waals surface area (Å²) in [6.07, 6.45) is -3.25. The molecule has 2 rings (SSSR count). The summed E-state index contributed by atoms with van der Waals surface area (Å²) in [5.74, 6) is -1.99. The van der Waals surface area contributed by atoms with Crippen molar-refractivity contribution in [2.45, 2.75) is 38.7 Å². The van der Waals surface area contributed by atoms with Gasteiger partial charge in [0, 0.05) is 25.8 Å². The van der Waals surface area contributed by atoms with Gasteiger partial charge in [0.25, 0.3) is 0 Å². The van der Waals surface area contributed by atoms with Crippen LogP contribution in [0.2, 0.25) is 0 Å². The number of aliphatic hydroxyl groups is 1. The highest BCUT2D eigenvalue weighted by atomic mass is 19.4. The molecular formula is C11H16F3N3O3. The number of rotatable bonds is 1. The van der Waals surface area contributed by atoms with Crippen molar-refractivity contribution >= 4 is 5.97 Å².